The third kappa shape index (κ3) is 5.34. The lowest BCUT2D eigenvalue weighted by Crippen LogP contribution is -2.10. The van der Waals surface area contributed by atoms with Crippen LogP contribution in [0.4, 0.5) is 4.39 Å². The van der Waals surface area contributed by atoms with E-state index in [1.165, 1.54) is 0 Å². The van der Waals surface area contributed by atoms with Crippen molar-refractivity contribution < 1.29 is 9.13 Å². The smallest absolute Gasteiger partial charge is 0.122 e. The molecular weight excluding hydrogens is 207 g/mol. The van der Waals surface area contributed by atoms with Gasteiger partial charge in [-0.25, -0.2) is 0 Å². The molecule has 0 aliphatic heterocycles. The van der Waals surface area contributed by atoms with E-state index < -0.39 is 0 Å². The Morgan fingerprint density at radius 3 is 2.31 bits per heavy atom. The molecule has 90 valence electrons. The molecule has 0 spiro atoms. The third-order valence-electron chi connectivity index (χ3n) is 1.71. The number of nitrogen functional groups attached to an aromatic ring is 1. The number of ether oxygens (including phenoxy) is 1. The second kappa shape index (κ2) is 8.71. The van der Waals surface area contributed by atoms with Crippen molar-refractivity contribution in [3.8, 4) is 5.75 Å². The predicted molar refractivity (Wildman–Crippen MR) is 64.9 cm³/mol. The second-order valence-corrected chi connectivity index (χ2v) is 2.83. The van der Waals surface area contributed by atoms with Crippen molar-refractivity contribution in [3.63, 3.8) is 0 Å². The summed E-state index contributed by atoms with van der Waals surface area (Å²) in [5.74, 6) is 0.698. The fourth-order valence-corrected chi connectivity index (χ4v) is 0.975. The van der Waals surface area contributed by atoms with Gasteiger partial charge in [-0.2, -0.15) is 0 Å². The maximum atomic E-state index is 11.7. The van der Waals surface area contributed by atoms with Crippen LogP contribution in [0.3, 0.4) is 0 Å². The van der Waals surface area contributed by atoms with Gasteiger partial charge in [-0.3, -0.25) is 9.80 Å². The second-order valence-electron chi connectivity index (χ2n) is 2.83. The largest absolute Gasteiger partial charge is 0.493 e. The Hall–Kier alpha value is -1.58. The van der Waals surface area contributed by atoms with Crippen molar-refractivity contribution in [2.24, 2.45) is 5.73 Å². The zero-order chi connectivity index (χ0) is 12.4. The summed E-state index contributed by atoms with van der Waals surface area (Å²) in [6.45, 7) is 4.00. The van der Waals surface area contributed by atoms with Crippen LogP contribution in [-0.2, 0) is 0 Å². The Labute approximate surface area is 95.9 Å². The van der Waals surface area contributed by atoms with Crippen LogP contribution in [0.1, 0.15) is 25.8 Å². The number of hydrogen-bond donors (Lipinski definition) is 2. The van der Waals surface area contributed by atoms with Crippen molar-refractivity contribution in [3.05, 3.63) is 29.8 Å². The van der Waals surface area contributed by atoms with E-state index in [2.05, 4.69) is 0 Å². The number of amidine groups is 1. The number of nitrogens with two attached hydrogens (primary N) is 1. The lowest BCUT2D eigenvalue weighted by Gasteiger charge is -2.05. The van der Waals surface area contributed by atoms with E-state index in [1.54, 1.807) is 24.3 Å². The van der Waals surface area contributed by atoms with Gasteiger partial charge in [-0.15, -0.1) is 0 Å². The van der Waals surface area contributed by atoms with Crippen molar-refractivity contribution in [1.29, 1.82) is 5.41 Å². The molecule has 0 bridgehead atoms. The number of hydrogen-bond acceptors (Lipinski definition) is 2. The number of alkyl halides is 1. The molecular formula is C12H19FN2O. The van der Waals surface area contributed by atoms with Crippen molar-refractivity contribution in [1.82, 2.24) is 0 Å². The molecule has 3 nitrogen and oxygen atoms in total. The monoisotopic (exact) mass is 226 g/mol. The van der Waals surface area contributed by atoms with Crippen LogP contribution >= 0.6 is 0 Å². The molecule has 0 saturated heterocycles. The van der Waals surface area contributed by atoms with Gasteiger partial charge in [-0.1, -0.05) is 13.8 Å². The van der Waals surface area contributed by atoms with Gasteiger partial charge in [0, 0.05) is 12.0 Å². The zero-order valence-electron chi connectivity index (χ0n) is 9.79. The lowest BCUT2D eigenvalue weighted by atomic mass is 10.2. The molecule has 0 amide bonds. The van der Waals surface area contributed by atoms with Crippen LogP contribution in [0, 0.1) is 5.41 Å². The zero-order valence-corrected chi connectivity index (χ0v) is 9.79. The van der Waals surface area contributed by atoms with Gasteiger partial charge in [0.25, 0.3) is 0 Å². The summed E-state index contributed by atoms with van der Waals surface area (Å²) in [5, 5.41) is 7.16. The fraction of sp³-hybridized carbons (Fsp3) is 0.417. The van der Waals surface area contributed by atoms with E-state index in [4.69, 9.17) is 15.9 Å². The van der Waals surface area contributed by atoms with Crippen LogP contribution in [0.5, 0.6) is 5.75 Å². The first kappa shape index (κ1) is 14.4. The first-order chi connectivity index (χ1) is 7.74. The van der Waals surface area contributed by atoms with Gasteiger partial charge in [0.1, 0.15) is 11.6 Å². The SMILES string of the molecule is CC.N=C(N)c1ccc(OCCCF)cc1. The fourth-order valence-electron chi connectivity index (χ4n) is 0.975. The van der Waals surface area contributed by atoms with Gasteiger partial charge in [-0.05, 0) is 24.3 Å². The third-order valence-corrected chi connectivity index (χ3v) is 1.71. The van der Waals surface area contributed by atoms with Crippen LogP contribution in [0.2, 0.25) is 0 Å². The topological polar surface area (TPSA) is 59.1 Å². The molecule has 0 aliphatic rings. The molecule has 0 aromatic heterocycles. The van der Waals surface area contributed by atoms with Crippen LogP contribution in [0.15, 0.2) is 24.3 Å². The van der Waals surface area contributed by atoms with E-state index in [0.717, 1.165) is 0 Å². The normalized spacial score (nSPS) is 8.94. The highest BCUT2D eigenvalue weighted by Crippen LogP contribution is 2.11. The average molecular weight is 226 g/mol. The first-order valence-electron chi connectivity index (χ1n) is 5.37. The van der Waals surface area contributed by atoms with Gasteiger partial charge < -0.3 is 10.5 Å². The molecule has 16 heavy (non-hydrogen) atoms. The van der Waals surface area contributed by atoms with E-state index in [9.17, 15) is 4.39 Å². The van der Waals surface area contributed by atoms with E-state index >= 15 is 0 Å². The summed E-state index contributed by atoms with van der Waals surface area (Å²) in [5.41, 5.74) is 5.93. The van der Waals surface area contributed by atoms with E-state index in [1.807, 2.05) is 13.8 Å². The van der Waals surface area contributed by atoms with Gasteiger partial charge in [0.15, 0.2) is 0 Å². The van der Waals surface area contributed by atoms with Crippen LogP contribution < -0.4 is 10.5 Å². The highest BCUT2D eigenvalue weighted by atomic mass is 19.1. The molecule has 0 saturated carbocycles. The summed E-state index contributed by atoms with van der Waals surface area (Å²) >= 11 is 0. The maximum absolute atomic E-state index is 11.7. The minimum atomic E-state index is -0.370. The molecule has 0 unspecified atom stereocenters. The van der Waals surface area contributed by atoms with Crippen molar-refractivity contribution >= 4 is 5.84 Å². The Balaban J connectivity index is 0.00000106. The van der Waals surface area contributed by atoms with Crippen molar-refractivity contribution in [2.45, 2.75) is 20.3 Å². The molecule has 3 N–H and O–H groups in total. The predicted octanol–water partition coefficient (Wildman–Crippen LogP) is 2.74. The van der Waals surface area contributed by atoms with E-state index in [-0.39, 0.29) is 12.5 Å². The quantitative estimate of drug-likeness (QED) is 0.460. The lowest BCUT2D eigenvalue weighted by molar-refractivity contribution is 0.289. The molecule has 0 heterocycles. The molecule has 1 aromatic carbocycles. The summed E-state index contributed by atoms with van der Waals surface area (Å²) in [7, 11) is 0. The molecule has 0 fully saturated rings. The Kier molecular flexibility index (Phi) is 7.85. The molecule has 0 radical (unpaired) electrons. The number of nitrogens with one attached hydrogen (secondary N) is 1. The standard InChI is InChI=1S/C10H13FN2O.C2H6/c11-6-1-7-14-9-4-2-8(3-5-9)10(12)13;1-2/h2-5H,1,6-7H2,(H3,12,13);1-2H3. The Morgan fingerprint density at radius 2 is 1.88 bits per heavy atom. The molecule has 1 aromatic rings. The van der Waals surface area contributed by atoms with Crippen LogP contribution in [-0.4, -0.2) is 19.1 Å². The molecule has 1 rings (SSSR count). The highest BCUT2D eigenvalue weighted by Gasteiger charge is 1.97. The maximum Gasteiger partial charge on any atom is 0.122 e. The van der Waals surface area contributed by atoms with Crippen LogP contribution in [0.25, 0.3) is 0 Å². The Morgan fingerprint density at radius 1 is 1.31 bits per heavy atom. The minimum absolute atomic E-state index is 0.0281. The summed E-state index contributed by atoms with van der Waals surface area (Å²) in [6.07, 6.45) is 0.397. The molecule has 0 aliphatic carbocycles. The highest BCUT2D eigenvalue weighted by molar-refractivity contribution is 5.94. The molecule has 0 atom stereocenters. The number of benzene rings is 1. The van der Waals surface area contributed by atoms with Gasteiger partial charge >= 0.3 is 0 Å². The summed E-state index contributed by atoms with van der Waals surface area (Å²) in [6, 6.07) is 6.84. The number of halogens is 1. The van der Waals surface area contributed by atoms with Crippen molar-refractivity contribution in [2.75, 3.05) is 13.3 Å². The summed E-state index contributed by atoms with van der Waals surface area (Å²) < 4.78 is 17.0. The first-order valence-corrected chi connectivity index (χ1v) is 5.37. The minimum Gasteiger partial charge on any atom is -0.493 e. The van der Waals surface area contributed by atoms with Gasteiger partial charge in [0.05, 0.1) is 13.3 Å². The Bertz CT molecular complexity index is 298. The average Bonchev–Trinajstić information content (AvgIpc) is 2.33. The number of rotatable bonds is 5. The summed E-state index contributed by atoms with van der Waals surface area (Å²) in [4.78, 5) is 0. The van der Waals surface area contributed by atoms with E-state index in [0.29, 0.717) is 24.3 Å². The molecule has 4 heteroatoms. The van der Waals surface area contributed by atoms with Gasteiger partial charge in [0.2, 0.25) is 0 Å².